The van der Waals surface area contributed by atoms with Gasteiger partial charge in [-0.05, 0) is 35.9 Å². The second-order valence-electron chi connectivity index (χ2n) is 5.42. The molecule has 132 valence electrons. The number of rotatable bonds is 6. The smallest absolute Gasteiger partial charge is 0.247 e. The van der Waals surface area contributed by atoms with E-state index >= 15 is 0 Å². The fourth-order valence-corrected chi connectivity index (χ4v) is 2.51. The number of ether oxygens (including phenoxy) is 1. The fraction of sp³-hybridized carbons (Fsp3) is 0.222. The summed E-state index contributed by atoms with van der Waals surface area (Å²) in [5.41, 5.74) is 1.09. The second kappa shape index (κ2) is 8.48. The van der Waals surface area contributed by atoms with Gasteiger partial charge in [0.1, 0.15) is 17.6 Å². The molecule has 2 aromatic rings. The molecule has 5 nitrogen and oxygen atoms in total. The van der Waals surface area contributed by atoms with Crippen LogP contribution in [0.2, 0.25) is 5.02 Å². The Hall–Kier alpha value is -2.60. The van der Waals surface area contributed by atoms with E-state index in [9.17, 15) is 14.0 Å². The molecule has 0 saturated carbocycles. The summed E-state index contributed by atoms with van der Waals surface area (Å²) in [6.45, 7) is 1.33. The quantitative estimate of drug-likeness (QED) is 0.827. The Balaban J connectivity index is 2.17. The second-order valence-corrected chi connectivity index (χ2v) is 5.83. The molecular weight excluding hydrogens is 347 g/mol. The van der Waals surface area contributed by atoms with Crippen LogP contribution in [-0.4, -0.2) is 25.0 Å². The minimum Gasteiger partial charge on any atom is -0.497 e. The van der Waals surface area contributed by atoms with Gasteiger partial charge in [-0.25, -0.2) is 4.39 Å². The number of hydrogen-bond acceptors (Lipinski definition) is 3. The van der Waals surface area contributed by atoms with Gasteiger partial charge in [0.05, 0.1) is 17.8 Å². The Bertz CT molecular complexity index is 783. The number of nitrogens with one attached hydrogen (secondary N) is 2. The molecule has 0 aliphatic carbocycles. The van der Waals surface area contributed by atoms with Crippen molar-refractivity contribution in [1.29, 1.82) is 0 Å². The van der Waals surface area contributed by atoms with Crippen LogP contribution in [0.4, 0.5) is 10.1 Å². The summed E-state index contributed by atoms with van der Waals surface area (Å²) in [5, 5.41) is 5.30. The number of carbonyl (C=O) groups is 2. The number of halogens is 2. The molecule has 2 amide bonds. The lowest BCUT2D eigenvalue weighted by Gasteiger charge is -2.18. The normalized spacial score (nSPS) is 11.5. The van der Waals surface area contributed by atoms with Crippen molar-refractivity contribution in [3.8, 4) is 5.75 Å². The molecule has 0 unspecified atom stereocenters. The highest BCUT2D eigenvalue weighted by Gasteiger charge is 2.21. The predicted molar refractivity (Wildman–Crippen MR) is 94.3 cm³/mol. The lowest BCUT2D eigenvalue weighted by molar-refractivity contribution is -0.125. The monoisotopic (exact) mass is 364 g/mol. The molecule has 1 atom stereocenters. The van der Waals surface area contributed by atoms with Crippen LogP contribution in [0.3, 0.4) is 0 Å². The largest absolute Gasteiger partial charge is 0.497 e. The van der Waals surface area contributed by atoms with Gasteiger partial charge < -0.3 is 15.4 Å². The molecule has 2 rings (SSSR count). The van der Waals surface area contributed by atoms with Crippen molar-refractivity contribution in [2.75, 3.05) is 12.4 Å². The maximum Gasteiger partial charge on any atom is 0.247 e. The van der Waals surface area contributed by atoms with E-state index in [-0.39, 0.29) is 23.0 Å². The predicted octanol–water partition coefficient (Wildman–Crippen LogP) is 3.17. The van der Waals surface area contributed by atoms with Crippen LogP contribution in [-0.2, 0) is 16.0 Å². The number of anilines is 1. The summed E-state index contributed by atoms with van der Waals surface area (Å²) < 4.78 is 18.3. The highest BCUT2D eigenvalue weighted by Crippen LogP contribution is 2.23. The first kappa shape index (κ1) is 18.7. The van der Waals surface area contributed by atoms with E-state index in [0.29, 0.717) is 5.75 Å². The summed E-state index contributed by atoms with van der Waals surface area (Å²) in [4.78, 5) is 24.0. The van der Waals surface area contributed by atoms with Crippen molar-refractivity contribution in [3.05, 3.63) is 58.9 Å². The van der Waals surface area contributed by atoms with Gasteiger partial charge in [-0.15, -0.1) is 0 Å². The maximum atomic E-state index is 13.1. The van der Waals surface area contributed by atoms with Crippen molar-refractivity contribution in [3.63, 3.8) is 0 Å². The van der Waals surface area contributed by atoms with Gasteiger partial charge in [0.25, 0.3) is 0 Å². The van der Waals surface area contributed by atoms with Gasteiger partial charge in [0, 0.05) is 13.3 Å². The average molecular weight is 365 g/mol. The molecular formula is C18H18ClFN2O3. The Morgan fingerprint density at radius 2 is 2.00 bits per heavy atom. The molecule has 2 N–H and O–H groups in total. The highest BCUT2D eigenvalue weighted by molar-refractivity contribution is 6.33. The first-order valence-corrected chi connectivity index (χ1v) is 7.93. The molecule has 0 aromatic heterocycles. The van der Waals surface area contributed by atoms with E-state index in [0.717, 1.165) is 11.6 Å². The van der Waals surface area contributed by atoms with Gasteiger partial charge in [0.15, 0.2) is 0 Å². The Morgan fingerprint density at radius 1 is 1.24 bits per heavy atom. The molecule has 0 heterocycles. The molecule has 0 aliphatic rings. The standard InChI is InChI=1S/C18H18ClFN2O3/c1-11(23)21-17(9-12-4-3-5-14(8-12)25-2)18(24)22-16-7-6-13(20)10-15(16)19/h3-8,10,17H,9H2,1-2H3,(H,21,23)(H,22,24)/t17-/m0/s1. The van der Waals surface area contributed by atoms with E-state index in [1.165, 1.54) is 19.1 Å². The topological polar surface area (TPSA) is 67.4 Å². The number of amides is 2. The number of hydrogen-bond donors (Lipinski definition) is 2. The highest BCUT2D eigenvalue weighted by atomic mass is 35.5. The van der Waals surface area contributed by atoms with Crippen molar-refractivity contribution in [2.45, 2.75) is 19.4 Å². The van der Waals surface area contributed by atoms with Gasteiger partial charge >= 0.3 is 0 Å². The van der Waals surface area contributed by atoms with Gasteiger partial charge in [-0.3, -0.25) is 9.59 Å². The molecule has 0 bridgehead atoms. The van der Waals surface area contributed by atoms with Crippen molar-refractivity contribution >= 4 is 29.1 Å². The van der Waals surface area contributed by atoms with Gasteiger partial charge in [-0.1, -0.05) is 23.7 Å². The summed E-state index contributed by atoms with van der Waals surface area (Å²) in [5.74, 6) is -0.640. The number of methoxy groups -OCH3 is 1. The first-order valence-electron chi connectivity index (χ1n) is 7.55. The number of benzene rings is 2. The van der Waals surface area contributed by atoms with E-state index in [2.05, 4.69) is 10.6 Å². The van der Waals surface area contributed by atoms with E-state index in [1.807, 2.05) is 6.07 Å². The van der Waals surface area contributed by atoms with Crippen LogP contribution in [0.25, 0.3) is 0 Å². The maximum absolute atomic E-state index is 13.1. The zero-order chi connectivity index (χ0) is 18.4. The summed E-state index contributed by atoms with van der Waals surface area (Å²) in [6.07, 6.45) is 0.265. The zero-order valence-corrected chi connectivity index (χ0v) is 14.6. The first-order chi connectivity index (χ1) is 11.9. The molecule has 0 aliphatic heterocycles. The SMILES string of the molecule is COc1cccc(C[C@H](NC(C)=O)C(=O)Nc2ccc(F)cc2Cl)c1. The van der Waals surface area contributed by atoms with Crippen LogP contribution in [0, 0.1) is 5.82 Å². The lowest BCUT2D eigenvalue weighted by Crippen LogP contribution is -2.44. The minimum absolute atomic E-state index is 0.0799. The van der Waals surface area contributed by atoms with E-state index < -0.39 is 17.8 Å². The van der Waals surface area contributed by atoms with Crippen LogP contribution in [0.15, 0.2) is 42.5 Å². The summed E-state index contributed by atoms with van der Waals surface area (Å²) in [7, 11) is 1.55. The summed E-state index contributed by atoms with van der Waals surface area (Å²) in [6, 6.07) is 10.0. The van der Waals surface area contributed by atoms with Crippen LogP contribution in [0.1, 0.15) is 12.5 Å². The lowest BCUT2D eigenvalue weighted by atomic mass is 10.0. The number of carbonyl (C=O) groups excluding carboxylic acids is 2. The van der Waals surface area contributed by atoms with Crippen LogP contribution < -0.4 is 15.4 Å². The average Bonchev–Trinajstić information content (AvgIpc) is 2.56. The van der Waals surface area contributed by atoms with E-state index in [1.54, 1.807) is 25.3 Å². The van der Waals surface area contributed by atoms with Gasteiger partial charge in [-0.2, -0.15) is 0 Å². The molecule has 2 aromatic carbocycles. The van der Waals surface area contributed by atoms with Crippen LogP contribution >= 0.6 is 11.6 Å². The zero-order valence-electron chi connectivity index (χ0n) is 13.8. The minimum atomic E-state index is -0.814. The molecule has 25 heavy (non-hydrogen) atoms. The molecule has 0 saturated heterocycles. The molecule has 7 heteroatoms. The van der Waals surface area contributed by atoms with Crippen molar-refractivity contribution in [2.24, 2.45) is 0 Å². The third-order valence-electron chi connectivity index (χ3n) is 3.46. The van der Waals surface area contributed by atoms with Crippen molar-refractivity contribution < 1.29 is 18.7 Å². The van der Waals surface area contributed by atoms with Gasteiger partial charge in [0.2, 0.25) is 11.8 Å². The molecule has 0 fully saturated rings. The van der Waals surface area contributed by atoms with Crippen LogP contribution in [0.5, 0.6) is 5.75 Å². The molecule has 0 spiro atoms. The Kier molecular flexibility index (Phi) is 6.36. The third-order valence-corrected chi connectivity index (χ3v) is 3.77. The van der Waals surface area contributed by atoms with E-state index in [4.69, 9.17) is 16.3 Å². The Labute approximate surface area is 150 Å². The third kappa shape index (κ3) is 5.46. The molecule has 0 radical (unpaired) electrons. The Morgan fingerprint density at radius 3 is 2.64 bits per heavy atom. The fourth-order valence-electron chi connectivity index (χ4n) is 2.30. The van der Waals surface area contributed by atoms with Crippen molar-refractivity contribution in [1.82, 2.24) is 5.32 Å². The summed E-state index contributed by atoms with van der Waals surface area (Å²) >= 11 is 5.93.